The van der Waals surface area contributed by atoms with Crippen LogP contribution in [0.4, 0.5) is 11.4 Å². The van der Waals surface area contributed by atoms with Crippen LogP contribution in [0, 0.1) is 20.2 Å². The van der Waals surface area contributed by atoms with E-state index in [0.29, 0.717) is 15.5 Å². The smallest absolute Gasteiger partial charge is 0.423 e. The van der Waals surface area contributed by atoms with E-state index in [2.05, 4.69) is 234 Å². The molecule has 0 spiro atoms. The van der Waals surface area contributed by atoms with Crippen molar-refractivity contribution in [1.82, 2.24) is 9.55 Å². The van der Waals surface area contributed by atoms with Gasteiger partial charge >= 0.3 is 7.12 Å². The summed E-state index contributed by atoms with van der Waals surface area (Å²) in [7, 11) is -1.79. The van der Waals surface area contributed by atoms with Gasteiger partial charge in [-0.1, -0.05) is 430 Å². The average Bonchev–Trinajstić information content (AvgIpc) is 1.64. The number of hydrogen-bond acceptors (Lipinski definition) is 6. The third kappa shape index (κ3) is 39.2. The highest BCUT2D eigenvalue weighted by atomic mass is 79.9. The summed E-state index contributed by atoms with van der Waals surface area (Å²) in [6.45, 7) is 39.7. The number of nitrogens with one attached hydrogen (secondary N) is 1. The first-order valence-corrected chi connectivity index (χ1v) is 38.6. The van der Waals surface area contributed by atoms with Crippen molar-refractivity contribution in [2.75, 3.05) is 0 Å². The number of aromatic amines is 1. The number of unbranched alkanes of at least 4 members (excludes halogenated alkanes) is 1. The van der Waals surface area contributed by atoms with E-state index >= 15 is 0 Å². The molecule has 584 valence electrons. The van der Waals surface area contributed by atoms with Gasteiger partial charge in [-0.05, 0) is 93.6 Å². The Kier molecular flexibility index (Phi) is 75.0. The number of aryl methyl sites for hydroxylation is 1. The molecule has 0 aliphatic heterocycles. The molecule has 0 aliphatic carbocycles. The number of para-hydroxylation sites is 6. The Morgan fingerprint density at radius 3 is 0.944 bits per heavy atom. The van der Waals surface area contributed by atoms with Gasteiger partial charge in [-0.2, -0.15) is 0 Å². The van der Waals surface area contributed by atoms with Crippen LogP contribution in [0.15, 0.2) is 302 Å². The molecule has 0 saturated carbocycles. The second-order valence-corrected chi connectivity index (χ2v) is 22.5. The quantitative estimate of drug-likeness (QED) is 0.0538. The summed E-state index contributed by atoms with van der Waals surface area (Å²) in [5.74, 6) is 0. The average molecular weight is 1540 g/mol. The lowest BCUT2D eigenvalue weighted by Gasteiger charge is -2.18. The van der Waals surface area contributed by atoms with Crippen LogP contribution < -0.4 is 21.4 Å². The van der Waals surface area contributed by atoms with E-state index in [9.17, 15) is 20.2 Å². The zero-order chi connectivity index (χ0) is 76.9. The number of nitro groups is 2. The number of benzene rings is 11. The molecule has 107 heavy (non-hydrogen) atoms. The first-order valence-electron chi connectivity index (χ1n) is 36.5. The van der Waals surface area contributed by atoms with Crippen LogP contribution in [-0.4, -0.2) is 36.6 Å². The number of hydrogen-bond donors (Lipinski definition) is 3. The number of nitrogens with zero attached hydrogens (tertiary/aromatic N) is 3. The summed E-state index contributed by atoms with van der Waals surface area (Å²) in [6.07, 6.45) is 3.81. The Morgan fingerprint density at radius 1 is 0.355 bits per heavy atom. The van der Waals surface area contributed by atoms with Crippen LogP contribution in [0.5, 0.6) is 0 Å². The maximum Gasteiger partial charge on any atom is 0.488 e. The first-order chi connectivity index (χ1) is 50.0. The molecule has 0 fully saturated rings. The van der Waals surface area contributed by atoms with Crippen molar-refractivity contribution >= 4 is 107 Å². The van der Waals surface area contributed by atoms with Gasteiger partial charge in [0.15, 0.2) is 0 Å². The van der Waals surface area contributed by atoms with Crippen molar-refractivity contribution in [3.63, 3.8) is 0 Å². The molecule has 0 saturated heterocycles. The maximum absolute atomic E-state index is 10.8. The molecule has 13 rings (SSSR count). The molecular formula is C94H137BBrN4O6P. The minimum absolute atomic E-state index is 0. The van der Waals surface area contributed by atoms with Gasteiger partial charge in [0.05, 0.1) is 19.9 Å². The highest BCUT2D eigenvalue weighted by Gasteiger charge is 2.16. The van der Waals surface area contributed by atoms with Crippen LogP contribution in [0.2, 0.25) is 0 Å². The highest BCUT2D eigenvalue weighted by molar-refractivity contribution is 9.10. The van der Waals surface area contributed by atoms with Crippen molar-refractivity contribution in [3.05, 3.63) is 322 Å². The summed E-state index contributed by atoms with van der Waals surface area (Å²) in [6, 6.07) is 97.6. The van der Waals surface area contributed by atoms with Crippen LogP contribution in [0.3, 0.4) is 0 Å². The van der Waals surface area contributed by atoms with Crippen molar-refractivity contribution in [1.29, 1.82) is 0 Å². The molecule has 0 aliphatic rings. The topological polar surface area (TPSA) is 147 Å². The number of halogens is 1. The summed E-state index contributed by atoms with van der Waals surface area (Å²) >= 11 is 3.06. The van der Waals surface area contributed by atoms with E-state index in [1.54, 1.807) is 60.7 Å². The lowest BCUT2D eigenvalue weighted by atomic mass is 9.81. The van der Waals surface area contributed by atoms with Crippen molar-refractivity contribution in [3.8, 4) is 11.1 Å². The van der Waals surface area contributed by atoms with Crippen molar-refractivity contribution in [2.24, 2.45) is 0 Å². The number of H-pyrrole nitrogens is 1. The molecule has 13 aromatic rings. The van der Waals surface area contributed by atoms with Gasteiger partial charge < -0.3 is 19.6 Å². The zero-order valence-corrected chi connectivity index (χ0v) is 66.9. The molecule has 3 N–H and O–H groups in total. The number of aromatic nitrogens is 2. The predicted molar refractivity (Wildman–Crippen MR) is 491 cm³/mol. The second kappa shape index (κ2) is 72.3. The molecule has 2 heterocycles. The molecule has 0 bridgehead atoms. The molecular weight excluding hydrogens is 1400 g/mol. The summed E-state index contributed by atoms with van der Waals surface area (Å²) in [5, 5.41) is 47.7. The fourth-order valence-electron chi connectivity index (χ4n) is 9.16. The summed E-state index contributed by atoms with van der Waals surface area (Å²) in [4.78, 5) is 23.6. The van der Waals surface area contributed by atoms with Crippen molar-refractivity contribution < 1.29 is 19.9 Å². The Balaban J connectivity index is -0.000000214. The van der Waals surface area contributed by atoms with E-state index in [0.717, 1.165) is 12.1 Å². The third-order valence-corrected chi connectivity index (χ3v) is 16.5. The Labute approximate surface area is 660 Å². The van der Waals surface area contributed by atoms with Crippen LogP contribution in [-0.2, 0) is 6.54 Å². The normalized spacial score (nSPS) is 8.66. The molecule has 0 amide bonds. The van der Waals surface area contributed by atoms with E-state index in [4.69, 9.17) is 10.0 Å². The molecule has 11 aromatic carbocycles. The minimum atomic E-state index is -1.34. The zero-order valence-electron chi connectivity index (χ0n) is 64.4. The molecule has 13 heteroatoms. The summed E-state index contributed by atoms with van der Waals surface area (Å²) < 4.78 is 2.94. The minimum Gasteiger partial charge on any atom is -0.423 e. The Hall–Kier alpha value is -9.29. The van der Waals surface area contributed by atoms with Gasteiger partial charge in [-0.15, -0.1) is 0 Å². The number of rotatable bonds is 10. The van der Waals surface area contributed by atoms with E-state index in [1.807, 2.05) is 147 Å². The van der Waals surface area contributed by atoms with Gasteiger partial charge in [0.2, 0.25) is 0 Å². The molecule has 0 atom stereocenters. The number of nitro benzene ring substituents is 2. The van der Waals surface area contributed by atoms with Crippen LogP contribution in [0.1, 0.15) is 188 Å². The monoisotopic (exact) mass is 1540 g/mol. The van der Waals surface area contributed by atoms with Gasteiger partial charge in [0, 0.05) is 62.3 Å². The molecule has 2 aromatic heterocycles. The fourth-order valence-corrected chi connectivity index (χ4v) is 11.9. The molecule has 0 unspecified atom stereocenters. The first kappa shape index (κ1) is 111. The molecule has 10 nitrogen and oxygen atoms in total. The Morgan fingerprint density at radius 2 is 0.636 bits per heavy atom. The van der Waals surface area contributed by atoms with E-state index in [1.165, 1.54) is 90.9 Å². The SMILES string of the molecule is C.C.C.C.C.CC.CC.CC.CC.CC.CC.CC.CC.CCCC.CCCn1c2ccccc2c2ccccc21.O=[N+]([O-])c1ccccc1-c1ccccc1.O=[N+]([O-])c1ccccc1Br.OB(O)c1ccccc1.c1ccc(P(c2ccccc2)c2ccccc2)cc1.c1ccc2c(c1)[nH]c1ccccc12. The van der Waals surface area contributed by atoms with Gasteiger partial charge in [-0.25, -0.2) is 0 Å². The lowest BCUT2D eigenvalue weighted by molar-refractivity contribution is -0.385. The largest absolute Gasteiger partial charge is 0.488 e. The van der Waals surface area contributed by atoms with Crippen molar-refractivity contribution in [2.45, 2.75) is 194 Å². The lowest BCUT2D eigenvalue weighted by Crippen LogP contribution is -2.29. The van der Waals surface area contributed by atoms with Crippen LogP contribution in [0.25, 0.3) is 54.7 Å². The third-order valence-electron chi connectivity index (χ3n) is 13.4. The fraction of sp³-hybridized carbons (Fsp3) is 0.298. The van der Waals surface area contributed by atoms with E-state index < -0.39 is 20.0 Å². The second-order valence-electron chi connectivity index (χ2n) is 19.4. The standard InChI is InChI=1S/C18H15P.C15H15N.C12H9NO2.C12H9N.C6H7BO2.C6H4BrNO2.C4H10.8C2H6.5CH4/c1-4-10-16(11-5-1)19(17-12-6-2-7-13-17)18-14-8-3-9-15-18;1-2-11-16-14-9-5-3-7-12(14)13-8-4-6-10-15(13)16;14-13(15)12-9-5-4-8-11(12)10-6-2-1-3-7-10;1-3-7-11-9(5-1)10-6-2-4-8-12(10)13-11;8-7(9)6-4-2-1-3-5-6;7-5-3-1-2-4-6(5)8(9)10;1-3-4-2;8*1-2;;;;;/h1-15H;3-10H,2,11H2,1H3;1-9H;1-8,13H;1-5,8-9H;1-4H;3-4H2,1-2H3;8*1-2H3;5*1H4. The van der Waals surface area contributed by atoms with E-state index in [-0.39, 0.29) is 53.4 Å². The van der Waals surface area contributed by atoms with Gasteiger partial charge in [0.1, 0.15) is 0 Å². The summed E-state index contributed by atoms with van der Waals surface area (Å²) in [5.41, 5.74) is 7.42. The van der Waals surface area contributed by atoms with Gasteiger partial charge in [-0.3, -0.25) is 20.2 Å². The van der Waals surface area contributed by atoms with Crippen LogP contribution >= 0.6 is 23.9 Å². The highest BCUT2D eigenvalue weighted by Crippen LogP contribution is 2.33. The molecule has 0 radical (unpaired) electrons. The van der Waals surface area contributed by atoms with Gasteiger partial charge in [0.25, 0.3) is 11.4 Å². The predicted octanol–water partition coefficient (Wildman–Crippen LogP) is 29.2. The number of fused-ring (bicyclic) bond motifs is 6. The maximum atomic E-state index is 10.8. The Bertz CT molecular complexity index is 3920.